The van der Waals surface area contributed by atoms with Crippen LogP contribution in [0, 0.1) is 5.92 Å². The highest BCUT2D eigenvalue weighted by molar-refractivity contribution is 5.79. The van der Waals surface area contributed by atoms with E-state index in [2.05, 4.69) is 5.32 Å². The zero-order valence-electron chi connectivity index (χ0n) is 8.82. The maximum atomic E-state index is 12.1. The molecule has 15 heavy (non-hydrogen) atoms. The molecule has 0 aromatic heterocycles. The molecule has 5 nitrogen and oxygen atoms in total. The molecule has 2 rings (SSSR count). The smallest absolute Gasteiger partial charge is 0.227 e. The lowest BCUT2D eigenvalue weighted by Gasteiger charge is -2.36. The highest BCUT2D eigenvalue weighted by Gasteiger charge is 2.32. The minimum atomic E-state index is -0.146. The van der Waals surface area contributed by atoms with E-state index in [-0.39, 0.29) is 24.5 Å². The summed E-state index contributed by atoms with van der Waals surface area (Å²) < 4.78 is 5.25. The number of aliphatic hydroxyl groups is 1. The summed E-state index contributed by atoms with van der Waals surface area (Å²) in [5.41, 5.74) is 0. The molecule has 0 spiro atoms. The first-order valence-electron chi connectivity index (χ1n) is 5.52. The molecule has 0 aromatic rings. The van der Waals surface area contributed by atoms with Crippen LogP contribution in [0.5, 0.6) is 0 Å². The third kappa shape index (κ3) is 2.30. The summed E-state index contributed by atoms with van der Waals surface area (Å²) in [6.07, 6.45) is 0.911. The Balaban J connectivity index is 1.96. The van der Waals surface area contributed by atoms with Crippen LogP contribution in [0.1, 0.15) is 6.42 Å². The number of hydrogen-bond acceptors (Lipinski definition) is 4. The maximum absolute atomic E-state index is 12.1. The number of amides is 1. The number of ether oxygens (including phenoxy) is 1. The van der Waals surface area contributed by atoms with Gasteiger partial charge in [-0.1, -0.05) is 0 Å². The molecule has 2 atom stereocenters. The lowest BCUT2D eigenvalue weighted by Crippen LogP contribution is -2.52. The number of morpholine rings is 1. The molecule has 2 unspecified atom stereocenters. The molecule has 0 saturated carbocycles. The Bertz CT molecular complexity index is 229. The first-order valence-corrected chi connectivity index (χ1v) is 5.52. The van der Waals surface area contributed by atoms with E-state index in [1.165, 1.54) is 0 Å². The second kappa shape index (κ2) is 4.92. The second-order valence-corrected chi connectivity index (χ2v) is 4.13. The Labute approximate surface area is 89.4 Å². The van der Waals surface area contributed by atoms with E-state index in [0.717, 1.165) is 19.5 Å². The van der Waals surface area contributed by atoms with Crippen molar-refractivity contribution in [2.45, 2.75) is 12.5 Å². The average Bonchev–Trinajstić information content (AvgIpc) is 2.81. The molecular weight excluding hydrogens is 196 g/mol. The van der Waals surface area contributed by atoms with Crippen LogP contribution in [0.4, 0.5) is 0 Å². The fourth-order valence-corrected chi connectivity index (χ4v) is 2.20. The van der Waals surface area contributed by atoms with Gasteiger partial charge in [-0.15, -0.1) is 0 Å². The van der Waals surface area contributed by atoms with E-state index in [1.807, 2.05) is 0 Å². The molecular formula is C10H18N2O3. The number of nitrogens with one attached hydrogen (secondary N) is 1. The molecule has 1 amide bonds. The predicted octanol–water partition coefficient (Wildman–Crippen LogP) is -1.18. The van der Waals surface area contributed by atoms with Gasteiger partial charge in [-0.25, -0.2) is 0 Å². The molecule has 2 heterocycles. The quantitative estimate of drug-likeness (QED) is 0.607. The largest absolute Gasteiger partial charge is 0.394 e. The molecule has 86 valence electrons. The van der Waals surface area contributed by atoms with Crippen LogP contribution in [-0.4, -0.2) is 61.4 Å². The molecule has 2 saturated heterocycles. The van der Waals surface area contributed by atoms with Crippen LogP contribution < -0.4 is 5.32 Å². The van der Waals surface area contributed by atoms with Crippen molar-refractivity contribution in [3.63, 3.8) is 0 Å². The van der Waals surface area contributed by atoms with Gasteiger partial charge >= 0.3 is 0 Å². The fourth-order valence-electron chi connectivity index (χ4n) is 2.20. The van der Waals surface area contributed by atoms with Gasteiger partial charge in [-0.2, -0.15) is 0 Å². The zero-order chi connectivity index (χ0) is 10.7. The van der Waals surface area contributed by atoms with E-state index in [4.69, 9.17) is 9.84 Å². The van der Waals surface area contributed by atoms with Gasteiger partial charge in [0.25, 0.3) is 0 Å². The number of nitrogens with zero attached hydrogens (tertiary/aromatic N) is 1. The molecule has 2 aliphatic heterocycles. The Morgan fingerprint density at radius 2 is 2.47 bits per heavy atom. The fraction of sp³-hybridized carbons (Fsp3) is 0.900. The number of carbonyl (C=O) groups excluding carboxylic acids is 1. The summed E-state index contributed by atoms with van der Waals surface area (Å²) in [6, 6.07) is -0.146. The summed E-state index contributed by atoms with van der Waals surface area (Å²) in [5.74, 6) is 0.263. The summed E-state index contributed by atoms with van der Waals surface area (Å²) in [4.78, 5) is 13.9. The highest BCUT2D eigenvalue weighted by atomic mass is 16.5. The van der Waals surface area contributed by atoms with Crippen LogP contribution >= 0.6 is 0 Å². The number of aliphatic hydroxyl groups excluding tert-OH is 1. The molecule has 5 heteroatoms. The Hall–Kier alpha value is -0.650. The van der Waals surface area contributed by atoms with Gasteiger partial charge in [-0.05, 0) is 13.0 Å². The van der Waals surface area contributed by atoms with Crippen LogP contribution in [0.2, 0.25) is 0 Å². The lowest BCUT2D eigenvalue weighted by molar-refractivity contribution is -0.145. The van der Waals surface area contributed by atoms with Crippen molar-refractivity contribution in [2.75, 3.05) is 39.5 Å². The number of rotatable bonds is 2. The van der Waals surface area contributed by atoms with Gasteiger partial charge in [0, 0.05) is 13.1 Å². The second-order valence-electron chi connectivity index (χ2n) is 4.13. The van der Waals surface area contributed by atoms with Gasteiger partial charge in [0.15, 0.2) is 0 Å². The molecule has 0 bridgehead atoms. The first kappa shape index (κ1) is 10.9. The van der Waals surface area contributed by atoms with Gasteiger partial charge < -0.3 is 20.1 Å². The first-order chi connectivity index (χ1) is 7.33. The van der Waals surface area contributed by atoms with Crippen molar-refractivity contribution >= 4 is 5.91 Å². The van der Waals surface area contributed by atoms with E-state index in [0.29, 0.717) is 19.8 Å². The molecule has 2 fully saturated rings. The zero-order valence-corrected chi connectivity index (χ0v) is 8.82. The lowest BCUT2D eigenvalue weighted by atomic mass is 10.1. The van der Waals surface area contributed by atoms with E-state index >= 15 is 0 Å². The van der Waals surface area contributed by atoms with E-state index in [9.17, 15) is 4.79 Å². The Morgan fingerprint density at radius 1 is 1.60 bits per heavy atom. The SMILES string of the molecule is O=C(C1CCNC1)N1CCOCC1CO. The third-order valence-corrected chi connectivity index (χ3v) is 3.13. The predicted molar refractivity (Wildman–Crippen MR) is 54.4 cm³/mol. The van der Waals surface area contributed by atoms with E-state index < -0.39 is 0 Å². The van der Waals surface area contributed by atoms with Crippen molar-refractivity contribution in [1.82, 2.24) is 10.2 Å². The standard InChI is InChI=1S/C10H18N2O3/c13-6-9-7-15-4-3-12(9)10(14)8-1-2-11-5-8/h8-9,11,13H,1-7H2. The van der Waals surface area contributed by atoms with Gasteiger partial charge in [0.05, 0.1) is 31.8 Å². The van der Waals surface area contributed by atoms with Gasteiger partial charge in [0.1, 0.15) is 0 Å². The molecule has 2 N–H and O–H groups in total. The number of carbonyl (C=O) groups is 1. The van der Waals surface area contributed by atoms with Crippen molar-refractivity contribution in [1.29, 1.82) is 0 Å². The Morgan fingerprint density at radius 3 is 3.13 bits per heavy atom. The normalized spacial score (nSPS) is 31.9. The van der Waals surface area contributed by atoms with Gasteiger partial charge in [0.2, 0.25) is 5.91 Å². The topological polar surface area (TPSA) is 61.8 Å². The molecule has 0 aliphatic carbocycles. The van der Waals surface area contributed by atoms with Crippen molar-refractivity contribution in [2.24, 2.45) is 5.92 Å². The molecule has 0 radical (unpaired) electrons. The van der Waals surface area contributed by atoms with Crippen molar-refractivity contribution < 1.29 is 14.6 Å². The minimum Gasteiger partial charge on any atom is -0.394 e. The van der Waals surface area contributed by atoms with Crippen molar-refractivity contribution in [3.8, 4) is 0 Å². The molecule has 0 aromatic carbocycles. The minimum absolute atomic E-state index is 0.00805. The van der Waals surface area contributed by atoms with Crippen molar-refractivity contribution in [3.05, 3.63) is 0 Å². The van der Waals surface area contributed by atoms with Gasteiger partial charge in [-0.3, -0.25) is 4.79 Å². The third-order valence-electron chi connectivity index (χ3n) is 3.13. The summed E-state index contributed by atoms with van der Waals surface area (Å²) in [6.45, 7) is 3.34. The van der Waals surface area contributed by atoms with Crippen LogP contribution in [0.25, 0.3) is 0 Å². The summed E-state index contributed by atoms with van der Waals surface area (Å²) in [5, 5.41) is 12.3. The van der Waals surface area contributed by atoms with E-state index in [1.54, 1.807) is 4.90 Å². The Kier molecular flexibility index (Phi) is 3.56. The molecule has 2 aliphatic rings. The number of hydrogen-bond donors (Lipinski definition) is 2. The monoisotopic (exact) mass is 214 g/mol. The van der Waals surface area contributed by atoms with Crippen LogP contribution in [0.3, 0.4) is 0 Å². The average molecular weight is 214 g/mol. The van der Waals surface area contributed by atoms with Crippen LogP contribution in [0.15, 0.2) is 0 Å². The van der Waals surface area contributed by atoms with Crippen LogP contribution in [-0.2, 0) is 9.53 Å². The maximum Gasteiger partial charge on any atom is 0.227 e. The summed E-state index contributed by atoms with van der Waals surface area (Å²) >= 11 is 0. The highest BCUT2D eigenvalue weighted by Crippen LogP contribution is 2.16. The summed E-state index contributed by atoms with van der Waals surface area (Å²) in [7, 11) is 0.